The molecule has 5 N–H and O–H groups in total. The Morgan fingerprint density at radius 2 is 1.65 bits per heavy atom. The van der Waals surface area contributed by atoms with Gasteiger partial charge in [-0.1, -0.05) is 67.4 Å². The standard InChI is InChI=1S/C23H33BN2O2.CO2/c25-23(8-4-5-15-24(27)28)21-13-14-22(16-21)26-17-18-9-11-20(12-10-18)19-6-2-1-3-7-19;2-1-3/h1-3,6-7,9-12,21-23,26-28H,4-5,8,13-17,25H2;/t21?,22-,23+;/m0./s1. The number of benzene rings is 2. The van der Waals surface area contributed by atoms with Crippen LogP contribution < -0.4 is 11.1 Å². The van der Waals surface area contributed by atoms with Gasteiger partial charge in [0, 0.05) is 18.6 Å². The quantitative estimate of drug-likeness (QED) is 0.345. The number of hydrogen-bond donors (Lipinski definition) is 4. The molecule has 1 aliphatic rings. The van der Waals surface area contributed by atoms with Crippen LogP contribution in [0, 0.1) is 5.92 Å². The maximum Gasteiger partial charge on any atom is 0.451 e. The first-order valence-electron chi connectivity index (χ1n) is 11.0. The molecule has 1 unspecified atom stereocenters. The smallest absolute Gasteiger partial charge is 0.427 e. The van der Waals surface area contributed by atoms with Gasteiger partial charge in [-0.25, -0.2) is 0 Å². The van der Waals surface area contributed by atoms with Crippen molar-refractivity contribution in [3.63, 3.8) is 0 Å². The molecule has 7 heteroatoms. The van der Waals surface area contributed by atoms with Crippen LogP contribution in [-0.4, -0.2) is 35.4 Å². The van der Waals surface area contributed by atoms with Crippen LogP contribution in [0.15, 0.2) is 54.6 Å². The van der Waals surface area contributed by atoms with E-state index in [4.69, 9.17) is 25.4 Å². The highest BCUT2D eigenvalue weighted by Crippen LogP contribution is 2.30. The van der Waals surface area contributed by atoms with Gasteiger partial charge in [-0.3, -0.25) is 0 Å². The van der Waals surface area contributed by atoms with Crippen LogP contribution >= 0.6 is 0 Å². The van der Waals surface area contributed by atoms with E-state index in [1.54, 1.807) is 0 Å². The van der Waals surface area contributed by atoms with Gasteiger partial charge in [0.05, 0.1) is 0 Å². The molecular weight excluding hydrogens is 391 g/mol. The Hall–Kier alpha value is -2.28. The summed E-state index contributed by atoms with van der Waals surface area (Å²) in [6.45, 7) is 0.899. The molecule has 1 aliphatic carbocycles. The van der Waals surface area contributed by atoms with Crippen LogP contribution in [0.5, 0.6) is 0 Å². The van der Waals surface area contributed by atoms with Crippen LogP contribution in [0.3, 0.4) is 0 Å². The Morgan fingerprint density at radius 1 is 1.00 bits per heavy atom. The maximum absolute atomic E-state index is 8.91. The van der Waals surface area contributed by atoms with Gasteiger partial charge in [0.2, 0.25) is 0 Å². The van der Waals surface area contributed by atoms with E-state index in [0.29, 0.717) is 18.3 Å². The van der Waals surface area contributed by atoms with Crippen molar-refractivity contribution in [1.82, 2.24) is 5.32 Å². The number of unbranched alkanes of at least 4 members (excludes halogenated alkanes) is 1. The molecule has 0 saturated heterocycles. The predicted molar refractivity (Wildman–Crippen MR) is 122 cm³/mol. The molecule has 0 bridgehead atoms. The molecule has 0 spiro atoms. The van der Waals surface area contributed by atoms with Crippen LogP contribution in [0.25, 0.3) is 11.1 Å². The van der Waals surface area contributed by atoms with Gasteiger partial charge in [0.15, 0.2) is 0 Å². The van der Waals surface area contributed by atoms with Gasteiger partial charge in [-0.2, -0.15) is 9.59 Å². The third kappa shape index (κ3) is 9.17. The minimum Gasteiger partial charge on any atom is -0.427 e. The Kier molecular flexibility index (Phi) is 11.2. The second kappa shape index (κ2) is 13.9. The van der Waals surface area contributed by atoms with Crippen molar-refractivity contribution in [3.05, 3.63) is 60.2 Å². The van der Waals surface area contributed by atoms with Gasteiger partial charge in [0.1, 0.15) is 0 Å². The van der Waals surface area contributed by atoms with Gasteiger partial charge in [-0.05, 0) is 54.6 Å². The van der Waals surface area contributed by atoms with Gasteiger partial charge in [0.25, 0.3) is 0 Å². The molecule has 2 aromatic rings. The fourth-order valence-electron chi connectivity index (χ4n) is 4.24. The van der Waals surface area contributed by atoms with Crippen molar-refractivity contribution in [1.29, 1.82) is 0 Å². The summed E-state index contributed by atoms with van der Waals surface area (Å²) in [7, 11) is -1.18. The fourth-order valence-corrected chi connectivity index (χ4v) is 4.24. The number of rotatable bonds is 10. The van der Waals surface area contributed by atoms with Crippen molar-refractivity contribution in [2.24, 2.45) is 11.7 Å². The summed E-state index contributed by atoms with van der Waals surface area (Å²) in [5, 5.41) is 21.5. The summed E-state index contributed by atoms with van der Waals surface area (Å²) < 4.78 is 0. The van der Waals surface area contributed by atoms with E-state index >= 15 is 0 Å². The van der Waals surface area contributed by atoms with E-state index in [9.17, 15) is 0 Å². The molecule has 2 aromatic carbocycles. The van der Waals surface area contributed by atoms with Gasteiger partial charge < -0.3 is 21.1 Å². The number of carbonyl (C=O) groups excluding carboxylic acids is 2. The van der Waals surface area contributed by atoms with Crippen LogP contribution in [-0.2, 0) is 16.1 Å². The minimum absolute atomic E-state index is 0.229. The third-order valence-electron chi connectivity index (χ3n) is 5.98. The summed E-state index contributed by atoms with van der Waals surface area (Å²) in [5.74, 6) is 0.581. The summed E-state index contributed by atoms with van der Waals surface area (Å²) >= 11 is 0. The van der Waals surface area contributed by atoms with E-state index in [-0.39, 0.29) is 12.2 Å². The van der Waals surface area contributed by atoms with E-state index < -0.39 is 7.12 Å². The normalized spacial score (nSPS) is 18.5. The van der Waals surface area contributed by atoms with Crippen molar-refractivity contribution >= 4 is 13.3 Å². The van der Waals surface area contributed by atoms with Crippen molar-refractivity contribution < 1.29 is 19.6 Å². The molecule has 0 aromatic heterocycles. The minimum atomic E-state index is -1.18. The predicted octanol–water partition coefficient (Wildman–Crippen LogP) is 3.00. The van der Waals surface area contributed by atoms with Crippen LogP contribution in [0.2, 0.25) is 6.32 Å². The maximum atomic E-state index is 8.91. The highest BCUT2D eigenvalue weighted by atomic mass is 16.4. The lowest BCUT2D eigenvalue weighted by Crippen LogP contribution is -2.31. The molecule has 0 aliphatic heterocycles. The molecule has 0 amide bonds. The van der Waals surface area contributed by atoms with E-state index in [1.807, 2.05) is 6.07 Å². The molecule has 31 heavy (non-hydrogen) atoms. The molecule has 3 atom stereocenters. The molecule has 3 rings (SSSR count). The molecule has 0 heterocycles. The zero-order valence-corrected chi connectivity index (χ0v) is 18.0. The third-order valence-corrected chi connectivity index (χ3v) is 5.98. The SMILES string of the molecule is N[C@H](CCCCB(O)O)C1CC[C@H](NCc2ccc(-c3ccccc3)cc2)C1.O=C=O. The van der Waals surface area contributed by atoms with Crippen LogP contribution in [0.4, 0.5) is 0 Å². The highest BCUT2D eigenvalue weighted by molar-refractivity contribution is 6.40. The number of nitrogens with two attached hydrogens (primary N) is 1. The molecular formula is C24H33BN2O4. The largest absolute Gasteiger partial charge is 0.451 e. The van der Waals surface area contributed by atoms with E-state index in [0.717, 1.165) is 32.2 Å². The van der Waals surface area contributed by atoms with Crippen molar-refractivity contribution in [2.75, 3.05) is 0 Å². The summed E-state index contributed by atoms with van der Waals surface area (Å²) in [6.07, 6.45) is 7.01. The Morgan fingerprint density at radius 3 is 2.29 bits per heavy atom. The molecule has 166 valence electrons. The van der Waals surface area contributed by atoms with Crippen molar-refractivity contribution in [3.8, 4) is 11.1 Å². The molecule has 1 saturated carbocycles. The zero-order valence-electron chi connectivity index (χ0n) is 18.0. The Labute approximate surface area is 185 Å². The average Bonchev–Trinajstić information content (AvgIpc) is 3.26. The highest BCUT2D eigenvalue weighted by Gasteiger charge is 2.28. The topological polar surface area (TPSA) is 113 Å². The van der Waals surface area contributed by atoms with E-state index in [2.05, 4.69) is 53.8 Å². The second-order valence-corrected chi connectivity index (χ2v) is 8.23. The Balaban J connectivity index is 0.00000107. The Bertz CT molecular complexity index is 780. The van der Waals surface area contributed by atoms with Gasteiger partial charge in [-0.15, -0.1) is 0 Å². The summed E-state index contributed by atoms with van der Waals surface area (Å²) in [6, 6.07) is 20.1. The van der Waals surface area contributed by atoms with E-state index in [1.165, 1.54) is 29.5 Å². The lowest BCUT2D eigenvalue weighted by molar-refractivity contribution is -0.191. The second-order valence-electron chi connectivity index (χ2n) is 8.23. The lowest BCUT2D eigenvalue weighted by Gasteiger charge is -2.20. The summed E-state index contributed by atoms with van der Waals surface area (Å²) in [5.41, 5.74) is 10.2. The van der Waals surface area contributed by atoms with Crippen LogP contribution in [0.1, 0.15) is 44.1 Å². The fraction of sp³-hybridized carbons (Fsp3) is 0.458. The van der Waals surface area contributed by atoms with Gasteiger partial charge >= 0.3 is 13.3 Å². The summed E-state index contributed by atoms with van der Waals surface area (Å²) in [4.78, 5) is 16.2. The number of nitrogens with one attached hydrogen (secondary N) is 1. The van der Waals surface area contributed by atoms with Crippen molar-refractivity contribution in [2.45, 2.75) is 63.5 Å². The first-order valence-corrected chi connectivity index (χ1v) is 11.0. The molecule has 1 fully saturated rings. The molecule has 0 radical (unpaired) electrons. The lowest BCUT2D eigenvalue weighted by atomic mass is 9.82. The zero-order chi connectivity index (χ0) is 22.5. The first-order chi connectivity index (χ1) is 15.0. The molecule has 6 nitrogen and oxygen atoms in total. The monoisotopic (exact) mass is 424 g/mol. The average molecular weight is 424 g/mol. The first kappa shape index (κ1) is 25.0. The number of hydrogen-bond acceptors (Lipinski definition) is 6.